The Morgan fingerprint density at radius 1 is 1.03 bits per heavy atom. The number of fused-ring (bicyclic) bond motifs is 2. The number of methoxy groups -OCH3 is 1. The SMILES string of the molecule is COc1cc(CC(=O)NS(C)(=O)=O)ccc1O[C@@H]1C[C@@H]2CC3[C@@H](C1)[C@@H]3N2C(=O)Nc1ccc(C(F)(F)F)cc1. The number of nitrogens with zero attached hydrogens (tertiary/aromatic N) is 1. The molecule has 3 amide bonds. The standard InChI is InChI=1S/C26H28F3N3O6S/c1-37-22-9-14(10-23(33)31-39(2,35)36)3-8-21(22)38-18-11-17-12-19-20(13-18)24(19)32(17)25(34)30-16-6-4-15(5-7-16)26(27,28)29/h3-9,17-20,24H,10-13H2,1-2H3,(H,30,34)(H,31,33)/t17-,18-,19?,20-,24-/m1/s1. The zero-order chi connectivity index (χ0) is 28.1. The van der Waals surface area contributed by atoms with Gasteiger partial charge >= 0.3 is 12.2 Å². The Morgan fingerprint density at radius 3 is 2.36 bits per heavy atom. The number of rotatable bonds is 7. The number of sulfonamides is 1. The smallest absolute Gasteiger partial charge is 0.416 e. The molecule has 2 saturated carbocycles. The summed E-state index contributed by atoms with van der Waals surface area (Å²) >= 11 is 0. The van der Waals surface area contributed by atoms with E-state index in [1.54, 1.807) is 18.2 Å². The van der Waals surface area contributed by atoms with Crippen LogP contribution in [0.15, 0.2) is 42.5 Å². The van der Waals surface area contributed by atoms with Crippen LogP contribution in [0.5, 0.6) is 11.5 Å². The molecule has 2 aromatic rings. The summed E-state index contributed by atoms with van der Waals surface area (Å²) < 4.78 is 74.8. The summed E-state index contributed by atoms with van der Waals surface area (Å²) in [5.41, 5.74) is 0.0757. The maximum Gasteiger partial charge on any atom is 0.416 e. The lowest BCUT2D eigenvalue weighted by Crippen LogP contribution is -2.42. The highest BCUT2D eigenvalue weighted by molar-refractivity contribution is 7.89. The molecule has 4 bridgehead atoms. The maximum atomic E-state index is 13.1. The molecule has 13 heteroatoms. The molecule has 0 spiro atoms. The van der Waals surface area contributed by atoms with E-state index in [2.05, 4.69) is 5.32 Å². The van der Waals surface area contributed by atoms with Crippen LogP contribution in [0.2, 0.25) is 0 Å². The topological polar surface area (TPSA) is 114 Å². The summed E-state index contributed by atoms with van der Waals surface area (Å²) in [6, 6.07) is 9.04. The minimum atomic E-state index is -4.44. The third kappa shape index (κ3) is 5.92. The summed E-state index contributed by atoms with van der Waals surface area (Å²) in [4.78, 5) is 26.9. The van der Waals surface area contributed by atoms with Crippen molar-refractivity contribution < 1.29 is 40.7 Å². The second-order valence-electron chi connectivity index (χ2n) is 10.3. The second-order valence-corrected chi connectivity index (χ2v) is 12.0. The zero-order valence-electron chi connectivity index (χ0n) is 21.2. The van der Waals surface area contributed by atoms with Gasteiger partial charge in [0.05, 0.1) is 25.3 Å². The van der Waals surface area contributed by atoms with Crippen LogP contribution >= 0.6 is 0 Å². The number of amides is 3. The molecule has 6 rings (SSSR count). The Labute approximate surface area is 223 Å². The van der Waals surface area contributed by atoms with Crippen LogP contribution in [0.4, 0.5) is 23.7 Å². The first-order valence-corrected chi connectivity index (χ1v) is 14.3. The first-order valence-electron chi connectivity index (χ1n) is 12.4. The Morgan fingerprint density at radius 2 is 1.72 bits per heavy atom. The van der Waals surface area contributed by atoms with E-state index in [-0.39, 0.29) is 36.6 Å². The number of urea groups is 1. The van der Waals surface area contributed by atoms with Gasteiger partial charge in [0.25, 0.3) is 0 Å². The van der Waals surface area contributed by atoms with Crippen LogP contribution in [-0.4, -0.2) is 56.8 Å². The van der Waals surface area contributed by atoms with Gasteiger partial charge in [0.15, 0.2) is 11.5 Å². The molecule has 9 nitrogen and oxygen atoms in total. The Hall–Kier alpha value is -3.48. The summed E-state index contributed by atoms with van der Waals surface area (Å²) in [6.45, 7) is 0. The number of benzene rings is 2. The van der Waals surface area contributed by atoms with Gasteiger partial charge in [0.2, 0.25) is 15.9 Å². The number of halogens is 3. The van der Waals surface area contributed by atoms with Crippen molar-refractivity contribution in [3.05, 3.63) is 53.6 Å². The molecule has 210 valence electrons. The predicted octanol–water partition coefficient (Wildman–Crippen LogP) is 3.79. The molecule has 2 aromatic carbocycles. The molecule has 39 heavy (non-hydrogen) atoms. The lowest BCUT2D eigenvalue weighted by atomic mass is 10.1. The van der Waals surface area contributed by atoms with Gasteiger partial charge in [-0.3, -0.25) is 9.52 Å². The fourth-order valence-corrected chi connectivity index (χ4v) is 6.39. The first-order chi connectivity index (χ1) is 18.3. The fraction of sp³-hybridized carbons (Fsp3) is 0.462. The quantitative estimate of drug-likeness (QED) is 0.526. The number of hydrogen-bond acceptors (Lipinski definition) is 6. The monoisotopic (exact) mass is 567 g/mol. The third-order valence-corrected chi connectivity index (χ3v) is 8.10. The van der Waals surface area contributed by atoms with Crippen LogP contribution < -0.4 is 19.5 Å². The van der Waals surface area contributed by atoms with E-state index in [0.29, 0.717) is 35.1 Å². The maximum absolute atomic E-state index is 13.1. The highest BCUT2D eigenvalue weighted by atomic mass is 32.2. The van der Waals surface area contributed by atoms with E-state index in [0.717, 1.165) is 31.2 Å². The van der Waals surface area contributed by atoms with Gasteiger partial charge in [0.1, 0.15) is 6.10 Å². The lowest BCUT2D eigenvalue weighted by Gasteiger charge is -2.28. The minimum absolute atomic E-state index is 0.0665. The van der Waals surface area contributed by atoms with E-state index in [4.69, 9.17) is 9.47 Å². The summed E-state index contributed by atoms with van der Waals surface area (Å²) in [5, 5.41) is 2.74. The molecule has 2 aliphatic carbocycles. The van der Waals surface area contributed by atoms with Crippen molar-refractivity contribution in [2.24, 2.45) is 11.8 Å². The number of hydrogen-bond donors (Lipinski definition) is 2. The average molecular weight is 568 g/mol. The molecule has 5 atom stereocenters. The van der Waals surface area contributed by atoms with Gasteiger partial charge in [-0.25, -0.2) is 13.2 Å². The van der Waals surface area contributed by atoms with E-state index < -0.39 is 27.7 Å². The third-order valence-electron chi connectivity index (χ3n) is 7.50. The second kappa shape index (κ2) is 9.92. The zero-order valence-corrected chi connectivity index (χ0v) is 22.0. The number of anilines is 1. The van der Waals surface area contributed by atoms with Crippen molar-refractivity contribution in [3.8, 4) is 11.5 Å². The molecule has 2 N–H and O–H groups in total. The largest absolute Gasteiger partial charge is 0.493 e. The Kier molecular flexibility index (Phi) is 6.90. The van der Waals surface area contributed by atoms with E-state index in [9.17, 15) is 31.2 Å². The molecule has 4 aliphatic rings. The predicted molar refractivity (Wildman–Crippen MR) is 135 cm³/mol. The molecular formula is C26H28F3N3O6S. The molecule has 1 unspecified atom stereocenters. The van der Waals surface area contributed by atoms with Crippen LogP contribution in [0.1, 0.15) is 30.4 Å². The first kappa shape index (κ1) is 27.1. The van der Waals surface area contributed by atoms with Crippen molar-refractivity contribution in [2.75, 3.05) is 18.7 Å². The highest BCUT2D eigenvalue weighted by Gasteiger charge is 2.65. The van der Waals surface area contributed by atoms with Crippen LogP contribution in [-0.2, 0) is 27.4 Å². The lowest BCUT2D eigenvalue weighted by molar-refractivity contribution is -0.137. The van der Waals surface area contributed by atoms with Gasteiger partial charge in [-0.2, -0.15) is 13.2 Å². The summed E-state index contributed by atoms with van der Waals surface area (Å²) in [7, 11) is -2.19. The van der Waals surface area contributed by atoms with Gasteiger partial charge in [-0.1, -0.05) is 6.07 Å². The molecule has 4 fully saturated rings. The summed E-state index contributed by atoms with van der Waals surface area (Å²) in [6.07, 6.45) is -1.69. The van der Waals surface area contributed by atoms with E-state index >= 15 is 0 Å². The Balaban J connectivity index is 1.23. The van der Waals surface area contributed by atoms with E-state index in [1.165, 1.54) is 19.2 Å². The summed E-state index contributed by atoms with van der Waals surface area (Å²) in [5.74, 6) is 0.871. The molecular weight excluding hydrogens is 539 g/mol. The van der Waals surface area contributed by atoms with Crippen molar-refractivity contribution in [1.29, 1.82) is 0 Å². The van der Waals surface area contributed by atoms with Gasteiger partial charge in [-0.15, -0.1) is 0 Å². The van der Waals surface area contributed by atoms with E-state index in [1.807, 2.05) is 9.62 Å². The van der Waals surface area contributed by atoms with Crippen molar-refractivity contribution >= 4 is 27.6 Å². The van der Waals surface area contributed by atoms with Crippen LogP contribution in [0, 0.1) is 11.8 Å². The molecule has 0 radical (unpaired) electrons. The number of piperidine rings is 1. The van der Waals surface area contributed by atoms with Gasteiger partial charge < -0.3 is 19.7 Å². The number of ether oxygens (including phenoxy) is 2. The number of carbonyl (C=O) groups is 2. The van der Waals surface area contributed by atoms with Gasteiger partial charge in [-0.05, 0) is 66.6 Å². The van der Waals surface area contributed by atoms with Gasteiger partial charge in [0, 0.05) is 24.2 Å². The van der Waals surface area contributed by atoms with Crippen LogP contribution in [0.3, 0.4) is 0 Å². The minimum Gasteiger partial charge on any atom is -0.493 e. The number of carbonyl (C=O) groups excluding carboxylic acids is 2. The average Bonchev–Trinajstić information content (AvgIpc) is 3.43. The fourth-order valence-electron chi connectivity index (χ4n) is 5.91. The van der Waals surface area contributed by atoms with Crippen LogP contribution in [0.25, 0.3) is 0 Å². The van der Waals surface area contributed by atoms with Crippen molar-refractivity contribution in [2.45, 2.75) is 50.0 Å². The normalized spacial score (nSPS) is 25.5. The molecule has 0 aromatic heterocycles. The highest BCUT2D eigenvalue weighted by Crippen LogP contribution is 2.59. The number of alkyl halides is 3. The molecule has 2 aliphatic heterocycles. The van der Waals surface area contributed by atoms with Crippen molar-refractivity contribution in [1.82, 2.24) is 9.62 Å². The Bertz CT molecular complexity index is 1380. The number of nitrogens with one attached hydrogen (secondary N) is 2. The van der Waals surface area contributed by atoms with Crippen molar-refractivity contribution in [3.63, 3.8) is 0 Å². The molecule has 2 heterocycles. The molecule has 2 saturated heterocycles.